The summed E-state index contributed by atoms with van der Waals surface area (Å²) in [5.41, 5.74) is 2.14. The monoisotopic (exact) mass is 295 g/mol. The van der Waals surface area contributed by atoms with Gasteiger partial charge in [-0.1, -0.05) is 18.2 Å². The highest BCUT2D eigenvalue weighted by molar-refractivity contribution is 6.04. The lowest BCUT2D eigenvalue weighted by atomic mass is 10.1. The molecule has 0 aliphatic rings. The molecule has 0 atom stereocenters. The van der Waals surface area contributed by atoms with Crippen LogP contribution in [-0.4, -0.2) is 28.2 Å². The fourth-order valence-corrected chi connectivity index (χ4v) is 2.15. The minimum absolute atomic E-state index is 0.0360. The molecule has 0 spiro atoms. The predicted molar refractivity (Wildman–Crippen MR) is 82.3 cm³/mol. The number of fused-ring (bicyclic) bond motifs is 1. The molecule has 0 aliphatic carbocycles. The van der Waals surface area contributed by atoms with Crippen LogP contribution in [0.4, 0.5) is 11.4 Å². The number of para-hydroxylation sites is 1. The normalized spacial score (nSPS) is 10.4. The van der Waals surface area contributed by atoms with Gasteiger partial charge in [-0.3, -0.25) is 4.98 Å². The first kappa shape index (κ1) is 13.8. The number of phenols is 1. The topological polar surface area (TPSA) is 84.3 Å². The lowest BCUT2D eigenvalue weighted by molar-refractivity contribution is 0.0598. The number of phenolic OH excluding ortho intramolecular Hbond substituents is 1. The number of ether oxygens (including phenoxy) is 1. The Kier molecular flexibility index (Phi) is 3.57. The Hall–Kier alpha value is -3.15. The van der Waals surface area contributed by atoms with Gasteiger partial charge in [0.25, 0.3) is 0 Å². The van der Waals surface area contributed by atoms with E-state index in [1.165, 1.54) is 25.6 Å². The maximum Gasteiger partial charge on any atom is 0.341 e. The largest absolute Gasteiger partial charge is 0.505 e. The van der Waals surface area contributed by atoms with Gasteiger partial charge in [-0.25, -0.2) is 9.78 Å². The predicted octanol–water partition coefficient (Wildman–Crippen LogP) is 2.87. The van der Waals surface area contributed by atoms with Crippen molar-refractivity contribution in [1.29, 1.82) is 0 Å². The highest BCUT2D eigenvalue weighted by Gasteiger charge is 2.19. The van der Waals surface area contributed by atoms with Gasteiger partial charge in [0.15, 0.2) is 5.75 Å². The first-order chi connectivity index (χ1) is 10.7. The Morgan fingerprint density at radius 3 is 2.50 bits per heavy atom. The number of carbonyl (C=O) groups is 1. The molecule has 1 aromatic heterocycles. The molecule has 22 heavy (non-hydrogen) atoms. The summed E-state index contributed by atoms with van der Waals surface area (Å²) in [5.74, 6) is -0.880. The van der Waals surface area contributed by atoms with Crippen molar-refractivity contribution in [3.63, 3.8) is 0 Å². The third-order valence-electron chi connectivity index (χ3n) is 3.18. The third kappa shape index (κ3) is 2.42. The van der Waals surface area contributed by atoms with Crippen LogP contribution in [0.1, 0.15) is 10.4 Å². The highest BCUT2D eigenvalue weighted by atomic mass is 16.5. The van der Waals surface area contributed by atoms with Crippen LogP contribution < -0.4 is 5.32 Å². The molecule has 6 heteroatoms. The van der Waals surface area contributed by atoms with Gasteiger partial charge in [-0.2, -0.15) is 0 Å². The van der Waals surface area contributed by atoms with Gasteiger partial charge in [0, 0.05) is 18.1 Å². The molecule has 2 N–H and O–H groups in total. The molecular weight excluding hydrogens is 282 g/mol. The van der Waals surface area contributed by atoms with Crippen molar-refractivity contribution < 1.29 is 14.6 Å². The number of benzene rings is 2. The number of aromatic hydroxyl groups is 1. The van der Waals surface area contributed by atoms with Gasteiger partial charge in [0.05, 0.1) is 12.8 Å². The van der Waals surface area contributed by atoms with Gasteiger partial charge in [-0.15, -0.1) is 0 Å². The number of aromatic nitrogens is 2. The summed E-state index contributed by atoms with van der Waals surface area (Å²) in [6, 6.07) is 10.9. The summed E-state index contributed by atoms with van der Waals surface area (Å²) < 4.78 is 4.70. The van der Waals surface area contributed by atoms with Crippen molar-refractivity contribution in [2.75, 3.05) is 12.4 Å². The van der Waals surface area contributed by atoms with E-state index in [2.05, 4.69) is 15.3 Å². The maximum absolute atomic E-state index is 11.8. The second-order valence-electron chi connectivity index (χ2n) is 4.56. The zero-order chi connectivity index (χ0) is 15.5. The second-order valence-corrected chi connectivity index (χ2v) is 4.56. The molecule has 0 radical (unpaired) electrons. The molecule has 3 rings (SSSR count). The van der Waals surface area contributed by atoms with E-state index < -0.39 is 5.97 Å². The number of rotatable bonds is 3. The molecule has 2 aromatic carbocycles. The van der Waals surface area contributed by atoms with Crippen LogP contribution in [-0.2, 0) is 4.74 Å². The third-order valence-corrected chi connectivity index (χ3v) is 3.18. The van der Waals surface area contributed by atoms with Crippen molar-refractivity contribution in [1.82, 2.24) is 9.97 Å². The number of nitrogens with one attached hydrogen (secondary N) is 1. The summed E-state index contributed by atoms with van der Waals surface area (Å²) in [4.78, 5) is 20.2. The number of methoxy groups -OCH3 is 1. The van der Waals surface area contributed by atoms with Crippen LogP contribution in [0.25, 0.3) is 11.0 Å². The van der Waals surface area contributed by atoms with E-state index in [0.717, 1.165) is 5.69 Å². The summed E-state index contributed by atoms with van der Waals surface area (Å²) in [7, 11) is 1.26. The van der Waals surface area contributed by atoms with Crippen molar-refractivity contribution in [2.45, 2.75) is 0 Å². The molecular formula is C16H13N3O3. The lowest BCUT2D eigenvalue weighted by Gasteiger charge is -2.12. The molecule has 6 nitrogen and oxygen atoms in total. The van der Waals surface area contributed by atoms with Gasteiger partial charge in [0.2, 0.25) is 0 Å². The Bertz CT molecular complexity index is 835. The number of esters is 1. The van der Waals surface area contributed by atoms with E-state index in [1.807, 2.05) is 30.3 Å². The number of anilines is 2. The quantitative estimate of drug-likeness (QED) is 0.571. The van der Waals surface area contributed by atoms with E-state index in [9.17, 15) is 9.90 Å². The molecule has 0 fully saturated rings. The van der Waals surface area contributed by atoms with E-state index in [-0.39, 0.29) is 16.8 Å². The zero-order valence-electron chi connectivity index (χ0n) is 11.8. The first-order valence-electron chi connectivity index (χ1n) is 6.58. The maximum atomic E-state index is 11.8. The Labute approximate surface area is 126 Å². The van der Waals surface area contributed by atoms with E-state index in [0.29, 0.717) is 11.2 Å². The molecule has 3 aromatic rings. The highest BCUT2D eigenvalue weighted by Crippen LogP contribution is 2.33. The van der Waals surface area contributed by atoms with Gasteiger partial charge >= 0.3 is 5.97 Å². The van der Waals surface area contributed by atoms with Crippen molar-refractivity contribution in [3.8, 4) is 5.75 Å². The smallest absolute Gasteiger partial charge is 0.341 e. The van der Waals surface area contributed by atoms with E-state index in [1.54, 1.807) is 0 Å². The van der Waals surface area contributed by atoms with Crippen molar-refractivity contribution in [3.05, 3.63) is 54.4 Å². The molecule has 0 bridgehead atoms. The van der Waals surface area contributed by atoms with E-state index >= 15 is 0 Å². The molecule has 0 saturated carbocycles. The van der Waals surface area contributed by atoms with Crippen molar-refractivity contribution >= 4 is 28.4 Å². The van der Waals surface area contributed by atoms with Crippen molar-refractivity contribution in [2.24, 2.45) is 0 Å². The van der Waals surface area contributed by atoms with Gasteiger partial charge < -0.3 is 15.2 Å². The minimum atomic E-state index is -0.638. The van der Waals surface area contributed by atoms with Crippen LogP contribution >= 0.6 is 0 Å². The van der Waals surface area contributed by atoms with Crippen LogP contribution in [0.3, 0.4) is 0 Å². The van der Waals surface area contributed by atoms with Crippen LogP contribution in [0, 0.1) is 0 Å². The molecule has 0 unspecified atom stereocenters. The number of hydrogen-bond donors (Lipinski definition) is 2. The molecule has 0 aliphatic heterocycles. The summed E-state index contributed by atoms with van der Waals surface area (Å²) in [5, 5.41) is 13.4. The number of nitrogens with zero attached hydrogens (tertiary/aromatic N) is 2. The number of hydrogen-bond acceptors (Lipinski definition) is 6. The molecule has 0 saturated heterocycles. The van der Waals surface area contributed by atoms with Gasteiger partial charge in [-0.05, 0) is 18.2 Å². The molecule has 0 amide bonds. The Morgan fingerprint density at radius 2 is 1.82 bits per heavy atom. The number of carbonyl (C=O) groups excluding carboxylic acids is 1. The van der Waals surface area contributed by atoms with Crippen LogP contribution in [0.15, 0.2) is 48.8 Å². The second kappa shape index (κ2) is 5.69. The zero-order valence-corrected chi connectivity index (χ0v) is 11.8. The fraction of sp³-hybridized carbons (Fsp3) is 0.0625. The van der Waals surface area contributed by atoms with E-state index in [4.69, 9.17) is 4.74 Å². The summed E-state index contributed by atoms with van der Waals surface area (Å²) in [6.07, 6.45) is 2.98. The average Bonchev–Trinajstić information content (AvgIpc) is 2.58. The van der Waals surface area contributed by atoms with Crippen LogP contribution in [0.5, 0.6) is 5.75 Å². The standard InChI is InChI=1S/C16H13N3O3/c1-22-16(21)11-9-12(19-10-5-3-2-4-6-10)13-14(15(11)20)18-8-7-17-13/h2-9,19-20H,1H3. The first-order valence-corrected chi connectivity index (χ1v) is 6.58. The lowest BCUT2D eigenvalue weighted by Crippen LogP contribution is -2.04. The molecule has 110 valence electrons. The summed E-state index contributed by atoms with van der Waals surface area (Å²) >= 11 is 0. The summed E-state index contributed by atoms with van der Waals surface area (Å²) in [6.45, 7) is 0. The van der Waals surface area contributed by atoms with Crippen LogP contribution in [0.2, 0.25) is 0 Å². The molecule has 1 heterocycles. The van der Waals surface area contributed by atoms with Gasteiger partial charge in [0.1, 0.15) is 16.6 Å². The average molecular weight is 295 g/mol. The fourth-order valence-electron chi connectivity index (χ4n) is 2.15. The SMILES string of the molecule is COC(=O)c1cc(Nc2ccccc2)c2nccnc2c1O. The minimum Gasteiger partial charge on any atom is -0.505 e. The Balaban J connectivity index is 2.20. The Morgan fingerprint density at radius 1 is 1.14 bits per heavy atom.